The van der Waals surface area contributed by atoms with E-state index in [1.807, 2.05) is 6.92 Å². The largest absolute Gasteiger partial charge is 0.353 e. The molecule has 8 nitrogen and oxygen atoms in total. The molecule has 0 aromatic carbocycles. The Kier molecular flexibility index (Phi) is 6.11. The van der Waals surface area contributed by atoms with Gasteiger partial charge in [-0.1, -0.05) is 24.4 Å². The van der Waals surface area contributed by atoms with Crippen LogP contribution in [-0.4, -0.2) is 47.9 Å². The molecule has 1 amide bonds. The number of carbonyl (C=O) groups is 1. The van der Waals surface area contributed by atoms with Gasteiger partial charge in [0, 0.05) is 29.9 Å². The summed E-state index contributed by atoms with van der Waals surface area (Å²) in [5, 5.41) is 7.22. The number of piperidine rings is 1. The van der Waals surface area contributed by atoms with E-state index in [4.69, 9.17) is 4.52 Å². The Balaban J connectivity index is 1.31. The molecule has 0 radical (unpaired) electrons. The van der Waals surface area contributed by atoms with Gasteiger partial charge < -0.3 is 9.84 Å². The lowest BCUT2D eigenvalue weighted by atomic mass is 9.85. The highest BCUT2D eigenvalue weighted by molar-refractivity contribution is 7.89. The predicted molar refractivity (Wildman–Crippen MR) is 121 cm³/mol. The van der Waals surface area contributed by atoms with Gasteiger partial charge in [-0.25, -0.2) is 8.42 Å². The first-order valence-corrected chi connectivity index (χ1v) is 13.9. The van der Waals surface area contributed by atoms with Crippen LogP contribution in [0, 0.1) is 12.8 Å². The molecule has 5 rings (SSSR count). The highest BCUT2D eigenvalue weighted by atomic mass is 32.2. The molecule has 1 aliphatic heterocycles. The molecule has 0 spiro atoms. The molecular weight excluding hydrogens is 448 g/mol. The summed E-state index contributed by atoms with van der Waals surface area (Å²) in [6.07, 6.45) is 9.07. The Morgan fingerprint density at radius 3 is 2.66 bits per heavy atom. The number of amides is 1. The number of thiophene rings is 1. The van der Waals surface area contributed by atoms with Crippen LogP contribution in [0.2, 0.25) is 0 Å². The molecule has 3 fully saturated rings. The minimum absolute atomic E-state index is 0.00477. The predicted octanol–water partition coefficient (Wildman–Crippen LogP) is 3.83. The zero-order valence-corrected chi connectivity index (χ0v) is 20.0. The van der Waals surface area contributed by atoms with Crippen molar-refractivity contribution in [2.24, 2.45) is 5.92 Å². The maximum Gasteiger partial charge on any atom is 0.244 e. The van der Waals surface area contributed by atoms with E-state index in [2.05, 4.69) is 15.5 Å². The molecule has 10 heteroatoms. The fraction of sp³-hybridized carbons (Fsp3) is 0.682. The first kappa shape index (κ1) is 22.0. The molecule has 1 saturated heterocycles. The van der Waals surface area contributed by atoms with E-state index in [0.717, 1.165) is 44.9 Å². The molecule has 0 unspecified atom stereocenters. The van der Waals surface area contributed by atoms with E-state index in [9.17, 15) is 13.2 Å². The van der Waals surface area contributed by atoms with Crippen molar-refractivity contribution in [1.82, 2.24) is 19.8 Å². The summed E-state index contributed by atoms with van der Waals surface area (Å²) in [6.45, 7) is 2.48. The van der Waals surface area contributed by atoms with Crippen molar-refractivity contribution in [3.05, 3.63) is 16.8 Å². The standard InChI is InChI=1S/C22H30N4O4S2/c1-14-19(12-18(31-14)20-24-22(30-25-20)15-6-4-7-15)32(28,29)26-11-5-8-16(13-26)21(27)23-17-9-2-3-10-17/h12,15-17H,2-11,13H2,1H3,(H,23,27)/t16-/m0/s1. The van der Waals surface area contributed by atoms with Crippen molar-refractivity contribution >= 4 is 27.3 Å². The topological polar surface area (TPSA) is 105 Å². The molecule has 2 saturated carbocycles. The van der Waals surface area contributed by atoms with Crippen LogP contribution >= 0.6 is 11.3 Å². The van der Waals surface area contributed by atoms with Crippen molar-refractivity contribution in [3.8, 4) is 10.7 Å². The first-order valence-electron chi connectivity index (χ1n) is 11.7. The van der Waals surface area contributed by atoms with Crippen molar-refractivity contribution in [2.75, 3.05) is 13.1 Å². The van der Waals surface area contributed by atoms with Crippen LogP contribution in [0.15, 0.2) is 15.5 Å². The fourth-order valence-electron chi connectivity index (χ4n) is 4.89. The third kappa shape index (κ3) is 4.24. The van der Waals surface area contributed by atoms with Gasteiger partial charge in [0.15, 0.2) is 0 Å². The molecule has 3 heterocycles. The number of hydrogen-bond donors (Lipinski definition) is 1. The molecule has 0 bridgehead atoms. The van der Waals surface area contributed by atoms with Gasteiger partial charge in [0.1, 0.15) is 0 Å². The lowest BCUT2D eigenvalue weighted by Crippen LogP contribution is -2.47. The lowest BCUT2D eigenvalue weighted by Gasteiger charge is -2.31. The molecule has 2 aromatic rings. The molecule has 174 valence electrons. The van der Waals surface area contributed by atoms with Gasteiger partial charge in [-0.2, -0.15) is 9.29 Å². The maximum atomic E-state index is 13.5. The van der Waals surface area contributed by atoms with Crippen LogP contribution in [0.1, 0.15) is 74.5 Å². The van der Waals surface area contributed by atoms with E-state index in [1.54, 1.807) is 6.07 Å². The van der Waals surface area contributed by atoms with E-state index >= 15 is 0 Å². The number of carbonyl (C=O) groups excluding carboxylic acids is 1. The van der Waals surface area contributed by atoms with Crippen LogP contribution in [0.25, 0.3) is 10.7 Å². The van der Waals surface area contributed by atoms with E-state index in [1.165, 1.54) is 22.1 Å². The zero-order chi connectivity index (χ0) is 22.3. The van der Waals surface area contributed by atoms with Crippen molar-refractivity contribution in [3.63, 3.8) is 0 Å². The van der Waals surface area contributed by atoms with E-state index < -0.39 is 10.0 Å². The molecule has 2 aliphatic carbocycles. The Morgan fingerprint density at radius 2 is 1.94 bits per heavy atom. The molecule has 32 heavy (non-hydrogen) atoms. The highest BCUT2D eigenvalue weighted by Gasteiger charge is 2.36. The van der Waals surface area contributed by atoms with E-state index in [-0.39, 0.29) is 29.3 Å². The molecule has 3 aliphatic rings. The molecule has 1 atom stereocenters. The van der Waals surface area contributed by atoms with Crippen molar-refractivity contribution in [1.29, 1.82) is 0 Å². The second-order valence-electron chi connectivity index (χ2n) is 9.31. The van der Waals surface area contributed by atoms with Crippen LogP contribution in [0.5, 0.6) is 0 Å². The summed E-state index contributed by atoms with van der Waals surface area (Å²) < 4.78 is 33.8. The van der Waals surface area contributed by atoms with E-state index in [0.29, 0.717) is 40.4 Å². The summed E-state index contributed by atoms with van der Waals surface area (Å²) >= 11 is 1.37. The average Bonchev–Trinajstić information content (AvgIpc) is 3.48. The third-order valence-corrected chi connectivity index (χ3v) is 10.2. The summed E-state index contributed by atoms with van der Waals surface area (Å²) in [6, 6.07) is 1.91. The second-order valence-corrected chi connectivity index (χ2v) is 12.5. The Labute approximate surface area is 192 Å². The van der Waals surface area contributed by atoms with Gasteiger partial charge >= 0.3 is 0 Å². The van der Waals surface area contributed by atoms with Crippen molar-refractivity contribution < 1.29 is 17.7 Å². The Bertz CT molecular complexity index is 1080. The highest BCUT2D eigenvalue weighted by Crippen LogP contribution is 2.38. The maximum absolute atomic E-state index is 13.5. The summed E-state index contributed by atoms with van der Waals surface area (Å²) in [5.74, 6) is 1.14. The summed E-state index contributed by atoms with van der Waals surface area (Å²) in [4.78, 5) is 18.9. The third-order valence-electron chi connectivity index (χ3n) is 7.06. The number of sulfonamides is 1. The van der Waals surface area contributed by atoms with Gasteiger partial charge in [-0.05, 0) is 51.5 Å². The van der Waals surface area contributed by atoms with Crippen LogP contribution in [0.4, 0.5) is 0 Å². The molecular formula is C22H30N4O4S2. The number of aryl methyl sites for hydroxylation is 1. The summed E-state index contributed by atoms with van der Waals surface area (Å²) in [7, 11) is -3.70. The minimum atomic E-state index is -3.70. The Hall–Kier alpha value is -1.78. The fourth-order valence-corrected chi connectivity index (χ4v) is 7.90. The second kappa shape index (κ2) is 8.87. The normalized spacial score (nSPS) is 23.3. The number of rotatable bonds is 6. The molecule has 1 N–H and O–H groups in total. The number of nitrogens with zero attached hydrogens (tertiary/aromatic N) is 3. The number of nitrogens with one attached hydrogen (secondary N) is 1. The van der Waals surface area contributed by atoms with Crippen LogP contribution < -0.4 is 5.32 Å². The quantitative estimate of drug-likeness (QED) is 0.676. The number of hydrogen-bond acceptors (Lipinski definition) is 7. The van der Waals surface area contributed by atoms with Gasteiger partial charge in [-0.3, -0.25) is 4.79 Å². The monoisotopic (exact) mass is 478 g/mol. The summed E-state index contributed by atoms with van der Waals surface area (Å²) in [5.41, 5.74) is 0. The average molecular weight is 479 g/mol. The molecule has 2 aromatic heterocycles. The smallest absolute Gasteiger partial charge is 0.244 e. The minimum Gasteiger partial charge on any atom is -0.353 e. The van der Waals surface area contributed by atoms with Crippen LogP contribution in [-0.2, 0) is 14.8 Å². The van der Waals surface area contributed by atoms with Gasteiger partial charge in [0.05, 0.1) is 15.7 Å². The number of aromatic nitrogens is 2. The Morgan fingerprint density at radius 1 is 1.16 bits per heavy atom. The van der Waals surface area contributed by atoms with Gasteiger partial charge in [0.2, 0.25) is 27.6 Å². The van der Waals surface area contributed by atoms with Crippen LogP contribution in [0.3, 0.4) is 0 Å². The zero-order valence-electron chi connectivity index (χ0n) is 18.4. The van der Waals surface area contributed by atoms with Crippen molar-refractivity contribution in [2.45, 2.75) is 81.6 Å². The SMILES string of the molecule is Cc1sc(-c2noc(C3CCC3)n2)cc1S(=O)(=O)N1CCC[C@H](C(=O)NC2CCCC2)C1. The first-order chi connectivity index (χ1) is 15.4. The van der Waals surface area contributed by atoms with Gasteiger partial charge in [-0.15, -0.1) is 11.3 Å². The lowest BCUT2D eigenvalue weighted by molar-refractivity contribution is -0.126. The van der Waals surface area contributed by atoms with Gasteiger partial charge in [0.25, 0.3) is 0 Å².